The van der Waals surface area contributed by atoms with E-state index in [-0.39, 0.29) is 5.56 Å². The molecule has 2 aromatic heterocycles. The molecule has 8 heteroatoms. The normalized spacial score (nSPS) is 11.2. The summed E-state index contributed by atoms with van der Waals surface area (Å²) in [6, 6.07) is 15.7. The standard InChI is InChI=1S/C22H21N3O2S3/c1-4-14-6-8-15(9-7-14)24-19-18(30-22(24)28)20(26)25(21(23-19)29-3)16-10-12-17(13-11-16)27-5-2/h6-13H,4-5H2,1-3H3. The molecule has 4 aromatic rings. The largest absolute Gasteiger partial charge is 0.494 e. The van der Waals surface area contributed by atoms with Crippen molar-refractivity contribution in [2.75, 3.05) is 12.9 Å². The number of hydrogen-bond donors (Lipinski definition) is 0. The van der Waals surface area contributed by atoms with Crippen molar-refractivity contribution < 1.29 is 4.74 Å². The van der Waals surface area contributed by atoms with Crippen molar-refractivity contribution in [1.29, 1.82) is 0 Å². The maximum atomic E-state index is 13.4. The molecule has 0 aliphatic heterocycles. The van der Waals surface area contributed by atoms with Gasteiger partial charge < -0.3 is 4.74 Å². The molecule has 0 N–H and O–H groups in total. The molecule has 0 radical (unpaired) electrons. The van der Waals surface area contributed by atoms with Crippen molar-refractivity contribution in [2.45, 2.75) is 25.4 Å². The zero-order valence-electron chi connectivity index (χ0n) is 16.9. The van der Waals surface area contributed by atoms with Crippen LogP contribution in [0.25, 0.3) is 21.7 Å². The van der Waals surface area contributed by atoms with E-state index in [9.17, 15) is 4.79 Å². The van der Waals surface area contributed by atoms with Crippen molar-refractivity contribution in [2.24, 2.45) is 0 Å². The summed E-state index contributed by atoms with van der Waals surface area (Å²) in [7, 11) is 0. The van der Waals surface area contributed by atoms with Gasteiger partial charge in [-0.05, 0) is 73.8 Å². The fourth-order valence-electron chi connectivity index (χ4n) is 3.27. The highest BCUT2D eigenvalue weighted by molar-refractivity contribution is 7.98. The van der Waals surface area contributed by atoms with Crippen molar-refractivity contribution >= 4 is 45.7 Å². The van der Waals surface area contributed by atoms with E-state index in [0.29, 0.717) is 26.1 Å². The van der Waals surface area contributed by atoms with Crippen molar-refractivity contribution in [3.8, 4) is 17.1 Å². The van der Waals surface area contributed by atoms with E-state index in [1.807, 2.05) is 54.1 Å². The average molecular weight is 456 g/mol. The number of nitrogens with zero attached hydrogens (tertiary/aromatic N) is 3. The Morgan fingerprint density at radius 2 is 1.67 bits per heavy atom. The minimum Gasteiger partial charge on any atom is -0.494 e. The topological polar surface area (TPSA) is 49.0 Å². The lowest BCUT2D eigenvalue weighted by atomic mass is 10.1. The van der Waals surface area contributed by atoms with Gasteiger partial charge in [0.1, 0.15) is 10.4 Å². The van der Waals surface area contributed by atoms with E-state index in [0.717, 1.165) is 23.5 Å². The van der Waals surface area contributed by atoms with Crippen LogP contribution in [0.4, 0.5) is 0 Å². The van der Waals surface area contributed by atoms with Crippen LogP contribution in [0.5, 0.6) is 5.75 Å². The molecule has 0 unspecified atom stereocenters. The monoisotopic (exact) mass is 455 g/mol. The Labute approximate surface area is 188 Å². The van der Waals surface area contributed by atoms with Crippen LogP contribution < -0.4 is 10.3 Å². The lowest BCUT2D eigenvalue weighted by Gasteiger charge is -2.12. The smallest absolute Gasteiger partial charge is 0.278 e. The maximum absolute atomic E-state index is 13.4. The number of ether oxygens (including phenoxy) is 1. The van der Waals surface area contributed by atoms with Gasteiger partial charge in [0.2, 0.25) is 0 Å². The third-order valence-electron chi connectivity index (χ3n) is 4.77. The van der Waals surface area contributed by atoms with Crippen molar-refractivity contribution in [1.82, 2.24) is 14.1 Å². The summed E-state index contributed by atoms with van der Waals surface area (Å²) >= 11 is 8.34. The third kappa shape index (κ3) is 3.71. The van der Waals surface area contributed by atoms with Crippen LogP contribution in [0.1, 0.15) is 19.4 Å². The number of aryl methyl sites for hydroxylation is 1. The second kappa shape index (κ2) is 8.75. The summed E-state index contributed by atoms with van der Waals surface area (Å²) in [5.74, 6) is 0.770. The number of thiazole rings is 1. The predicted molar refractivity (Wildman–Crippen MR) is 128 cm³/mol. The first-order chi connectivity index (χ1) is 14.6. The quantitative estimate of drug-likeness (QED) is 0.214. The minimum atomic E-state index is -0.117. The number of rotatable bonds is 6. The van der Waals surface area contributed by atoms with Crippen LogP contribution in [0.15, 0.2) is 58.5 Å². The van der Waals surface area contributed by atoms with Crippen LogP contribution in [-0.4, -0.2) is 27.0 Å². The van der Waals surface area contributed by atoms with Gasteiger partial charge in [0.05, 0.1) is 12.3 Å². The molecule has 0 spiro atoms. The highest BCUT2D eigenvalue weighted by Gasteiger charge is 2.18. The van der Waals surface area contributed by atoms with Crippen LogP contribution in [0.3, 0.4) is 0 Å². The second-order valence-electron chi connectivity index (χ2n) is 6.54. The minimum absolute atomic E-state index is 0.117. The Morgan fingerprint density at radius 1 is 1.03 bits per heavy atom. The predicted octanol–water partition coefficient (Wildman–Crippen LogP) is 5.65. The number of benzene rings is 2. The number of thioether (sulfide) groups is 1. The van der Waals surface area contributed by atoms with Gasteiger partial charge in [-0.3, -0.25) is 13.9 Å². The first-order valence-electron chi connectivity index (χ1n) is 9.62. The summed E-state index contributed by atoms with van der Waals surface area (Å²) in [4.78, 5) is 18.3. The van der Waals surface area contributed by atoms with Gasteiger partial charge in [0.15, 0.2) is 14.8 Å². The Balaban J connectivity index is 1.92. The molecule has 154 valence electrons. The van der Waals surface area contributed by atoms with Gasteiger partial charge in [0.25, 0.3) is 5.56 Å². The molecule has 2 aromatic carbocycles. The molecular weight excluding hydrogens is 434 g/mol. The number of fused-ring (bicyclic) bond motifs is 1. The molecule has 30 heavy (non-hydrogen) atoms. The van der Waals surface area contributed by atoms with E-state index >= 15 is 0 Å². The van der Waals surface area contributed by atoms with Crippen LogP contribution in [0.2, 0.25) is 0 Å². The van der Waals surface area contributed by atoms with E-state index in [1.165, 1.54) is 28.7 Å². The van der Waals surface area contributed by atoms with Crippen molar-refractivity contribution in [3.05, 3.63) is 68.4 Å². The summed E-state index contributed by atoms with van der Waals surface area (Å²) in [6.45, 7) is 4.66. The van der Waals surface area contributed by atoms with E-state index < -0.39 is 0 Å². The zero-order chi connectivity index (χ0) is 21.3. The third-order valence-corrected chi connectivity index (χ3v) is 6.76. The summed E-state index contributed by atoms with van der Waals surface area (Å²) in [5, 5.41) is 0.614. The lowest BCUT2D eigenvalue weighted by Crippen LogP contribution is -2.21. The molecule has 0 aliphatic rings. The molecule has 0 aliphatic carbocycles. The van der Waals surface area contributed by atoms with Crippen LogP contribution in [-0.2, 0) is 6.42 Å². The summed E-state index contributed by atoms with van der Waals surface area (Å²) in [5.41, 5.74) is 3.40. The number of hydrogen-bond acceptors (Lipinski definition) is 6. The van der Waals surface area contributed by atoms with Gasteiger partial charge >= 0.3 is 0 Å². The van der Waals surface area contributed by atoms with Crippen LogP contribution >= 0.6 is 35.3 Å². The molecule has 0 amide bonds. The van der Waals surface area contributed by atoms with Gasteiger partial charge in [-0.25, -0.2) is 4.98 Å². The number of aromatic nitrogens is 3. The Kier molecular flexibility index (Phi) is 6.08. The van der Waals surface area contributed by atoms with Gasteiger partial charge in [0, 0.05) is 5.69 Å². The molecular formula is C22H21N3O2S3. The van der Waals surface area contributed by atoms with Gasteiger partial charge in [-0.15, -0.1) is 0 Å². The highest BCUT2D eigenvalue weighted by Crippen LogP contribution is 2.27. The Hall–Kier alpha value is -2.42. The molecule has 0 saturated heterocycles. The molecule has 5 nitrogen and oxygen atoms in total. The average Bonchev–Trinajstić information content (AvgIpc) is 3.11. The fourth-order valence-corrected chi connectivity index (χ4v) is 5.12. The van der Waals surface area contributed by atoms with E-state index in [2.05, 4.69) is 19.1 Å². The van der Waals surface area contributed by atoms with Crippen molar-refractivity contribution in [3.63, 3.8) is 0 Å². The molecule has 0 bridgehead atoms. The molecule has 0 saturated carbocycles. The Morgan fingerprint density at radius 3 is 2.27 bits per heavy atom. The van der Waals surface area contributed by atoms with Gasteiger partial charge in [-0.2, -0.15) is 0 Å². The van der Waals surface area contributed by atoms with Gasteiger partial charge in [-0.1, -0.05) is 42.2 Å². The molecule has 4 rings (SSSR count). The SMILES string of the molecule is CCOc1ccc(-n2c(SC)nc3c(sc(=S)n3-c3ccc(CC)cc3)c2=O)cc1. The first-order valence-corrected chi connectivity index (χ1v) is 12.1. The molecule has 0 atom stereocenters. The van der Waals surface area contributed by atoms with E-state index in [1.54, 1.807) is 4.57 Å². The molecule has 0 fully saturated rings. The second-order valence-corrected chi connectivity index (χ2v) is 8.96. The highest BCUT2D eigenvalue weighted by atomic mass is 32.2. The Bertz CT molecular complexity index is 1300. The molecule has 2 heterocycles. The lowest BCUT2D eigenvalue weighted by molar-refractivity contribution is 0.340. The first kappa shape index (κ1) is 20.8. The van der Waals surface area contributed by atoms with Crippen LogP contribution in [0, 0.1) is 3.95 Å². The van der Waals surface area contributed by atoms with E-state index in [4.69, 9.17) is 21.9 Å². The maximum Gasteiger partial charge on any atom is 0.278 e. The zero-order valence-corrected chi connectivity index (χ0v) is 19.4. The summed E-state index contributed by atoms with van der Waals surface area (Å²) in [6.07, 6.45) is 2.89. The fraction of sp³-hybridized carbons (Fsp3) is 0.227. The summed E-state index contributed by atoms with van der Waals surface area (Å²) < 4.78 is 10.2.